The van der Waals surface area contributed by atoms with Gasteiger partial charge in [-0.3, -0.25) is 0 Å². The van der Waals surface area contributed by atoms with E-state index in [1.165, 1.54) is 6.07 Å². The second-order valence-corrected chi connectivity index (χ2v) is 10.1. The Labute approximate surface area is 224 Å². The molecule has 5 heteroatoms. The van der Waals surface area contributed by atoms with Crippen molar-refractivity contribution < 1.29 is 22.6 Å². The number of benzene rings is 3. The van der Waals surface area contributed by atoms with Crippen LogP contribution in [0.2, 0.25) is 0 Å². The molecule has 0 heterocycles. The highest BCUT2D eigenvalue weighted by atomic mass is 19.2. The summed E-state index contributed by atoms with van der Waals surface area (Å²) >= 11 is 0. The molecule has 0 N–H and O–H groups in total. The molecule has 0 radical (unpaired) electrons. The van der Waals surface area contributed by atoms with E-state index >= 15 is 8.78 Å². The first-order valence-electron chi connectivity index (χ1n) is 13.8. The summed E-state index contributed by atoms with van der Waals surface area (Å²) in [5.41, 5.74) is 1.94. The SMILES string of the molecule is C=CCCCOc1ccc(C2CCC(c3ccc(-c4ccc(OCCCC)cc4)c(F)c3F)CC2)c(F)c1. The van der Waals surface area contributed by atoms with Crippen molar-refractivity contribution in [1.29, 1.82) is 0 Å². The van der Waals surface area contributed by atoms with Gasteiger partial charge in [0.25, 0.3) is 0 Å². The van der Waals surface area contributed by atoms with Crippen LogP contribution in [-0.4, -0.2) is 13.2 Å². The van der Waals surface area contributed by atoms with Gasteiger partial charge in [0.2, 0.25) is 0 Å². The molecule has 0 aromatic heterocycles. The van der Waals surface area contributed by atoms with Gasteiger partial charge < -0.3 is 9.47 Å². The molecule has 3 aromatic carbocycles. The molecule has 202 valence electrons. The van der Waals surface area contributed by atoms with Crippen LogP contribution in [0.1, 0.15) is 81.3 Å². The Morgan fingerprint density at radius 2 is 1.37 bits per heavy atom. The molecule has 0 saturated heterocycles. The van der Waals surface area contributed by atoms with Gasteiger partial charge in [-0.05, 0) is 91.7 Å². The van der Waals surface area contributed by atoms with Crippen molar-refractivity contribution in [3.8, 4) is 22.6 Å². The van der Waals surface area contributed by atoms with Crippen molar-refractivity contribution in [3.63, 3.8) is 0 Å². The van der Waals surface area contributed by atoms with Crippen molar-refractivity contribution in [1.82, 2.24) is 0 Å². The third kappa shape index (κ3) is 6.80. The van der Waals surface area contributed by atoms with Gasteiger partial charge in [0.05, 0.1) is 13.2 Å². The minimum Gasteiger partial charge on any atom is -0.494 e. The zero-order valence-electron chi connectivity index (χ0n) is 22.2. The fourth-order valence-electron chi connectivity index (χ4n) is 5.23. The first-order chi connectivity index (χ1) is 18.5. The fourth-order valence-corrected chi connectivity index (χ4v) is 5.23. The Balaban J connectivity index is 1.38. The normalized spacial score (nSPS) is 17.3. The lowest BCUT2D eigenvalue weighted by atomic mass is 9.75. The summed E-state index contributed by atoms with van der Waals surface area (Å²) < 4.78 is 56.5. The first-order valence-corrected chi connectivity index (χ1v) is 13.8. The highest BCUT2D eigenvalue weighted by Gasteiger charge is 2.28. The number of unbranched alkanes of at least 4 members (excludes halogenated alkanes) is 2. The highest BCUT2D eigenvalue weighted by molar-refractivity contribution is 5.65. The van der Waals surface area contributed by atoms with Crippen molar-refractivity contribution in [3.05, 3.63) is 95.8 Å². The van der Waals surface area contributed by atoms with Crippen LogP contribution in [0.3, 0.4) is 0 Å². The minimum atomic E-state index is -0.820. The first kappa shape index (κ1) is 27.8. The van der Waals surface area contributed by atoms with Crippen molar-refractivity contribution >= 4 is 0 Å². The maximum atomic E-state index is 15.2. The molecule has 0 amide bonds. The lowest BCUT2D eigenvalue weighted by Crippen LogP contribution is -2.15. The smallest absolute Gasteiger partial charge is 0.166 e. The van der Waals surface area contributed by atoms with E-state index in [-0.39, 0.29) is 23.2 Å². The average molecular weight is 523 g/mol. The zero-order chi connectivity index (χ0) is 26.9. The molecular weight excluding hydrogens is 485 g/mol. The van der Waals surface area contributed by atoms with E-state index in [4.69, 9.17) is 9.47 Å². The third-order valence-corrected chi connectivity index (χ3v) is 7.44. The Morgan fingerprint density at radius 1 is 0.763 bits per heavy atom. The van der Waals surface area contributed by atoms with E-state index in [0.29, 0.717) is 48.5 Å². The molecule has 0 unspecified atom stereocenters. The lowest BCUT2D eigenvalue weighted by molar-refractivity contribution is 0.309. The van der Waals surface area contributed by atoms with Crippen LogP contribution in [-0.2, 0) is 0 Å². The van der Waals surface area contributed by atoms with Crippen LogP contribution < -0.4 is 9.47 Å². The number of rotatable bonds is 12. The standard InChI is InChI=1S/C33H37F3O2/c1-3-5-7-21-38-27-16-17-28(31(34)22-27)23-8-10-24(11-9-23)29-18-19-30(33(36)32(29)35)25-12-14-26(15-13-25)37-20-6-4-2/h3,12-19,22-24H,1,4-11,20-21H2,2H3. The van der Waals surface area contributed by atoms with E-state index in [2.05, 4.69) is 13.5 Å². The van der Waals surface area contributed by atoms with Crippen molar-refractivity contribution in [2.24, 2.45) is 0 Å². The van der Waals surface area contributed by atoms with Crippen molar-refractivity contribution in [2.75, 3.05) is 13.2 Å². The van der Waals surface area contributed by atoms with Crippen molar-refractivity contribution in [2.45, 2.75) is 70.1 Å². The number of hydrogen-bond acceptors (Lipinski definition) is 2. The molecular formula is C33H37F3O2. The molecule has 3 aromatic rings. The molecule has 4 rings (SSSR count). The van der Waals surface area contributed by atoms with Crippen LogP contribution in [0.25, 0.3) is 11.1 Å². The van der Waals surface area contributed by atoms with E-state index in [1.807, 2.05) is 12.1 Å². The molecule has 1 aliphatic rings. The number of hydrogen-bond donors (Lipinski definition) is 0. The van der Waals surface area contributed by atoms with E-state index in [0.717, 1.165) is 44.3 Å². The Hall–Kier alpha value is -3.21. The summed E-state index contributed by atoms with van der Waals surface area (Å²) in [6.45, 7) is 6.95. The molecule has 0 aliphatic heterocycles. The fraction of sp³-hybridized carbons (Fsp3) is 0.394. The van der Waals surface area contributed by atoms with Gasteiger partial charge in [0.15, 0.2) is 11.6 Å². The molecule has 0 spiro atoms. The summed E-state index contributed by atoms with van der Waals surface area (Å²) in [6.07, 6.45) is 8.38. The van der Waals surface area contributed by atoms with Gasteiger partial charge in [-0.25, -0.2) is 13.2 Å². The quantitative estimate of drug-likeness (QED) is 0.174. The maximum absolute atomic E-state index is 15.2. The second-order valence-electron chi connectivity index (χ2n) is 10.1. The molecule has 38 heavy (non-hydrogen) atoms. The van der Waals surface area contributed by atoms with E-state index in [1.54, 1.807) is 42.5 Å². The number of allylic oxidation sites excluding steroid dienone is 1. The summed E-state index contributed by atoms with van der Waals surface area (Å²) in [5, 5.41) is 0. The molecule has 1 fully saturated rings. The average Bonchev–Trinajstić information content (AvgIpc) is 2.94. The Bertz CT molecular complexity index is 1200. The van der Waals surface area contributed by atoms with Crippen LogP contribution in [0.4, 0.5) is 13.2 Å². The minimum absolute atomic E-state index is 0.0614. The number of halogens is 3. The molecule has 2 nitrogen and oxygen atoms in total. The highest BCUT2D eigenvalue weighted by Crippen LogP contribution is 2.43. The largest absolute Gasteiger partial charge is 0.494 e. The third-order valence-electron chi connectivity index (χ3n) is 7.44. The van der Waals surface area contributed by atoms with Gasteiger partial charge in [-0.2, -0.15) is 0 Å². The predicted molar refractivity (Wildman–Crippen MR) is 147 cm³/mol. The van der Waals surface area contributed by atoms with E-state index < -0.39 is 11.6 Å². The molecule has 0 atom stereocenters. The predicted octanol–water partition coefficient (Wildman–Crippen LogP) is 9.74. The Morgan fingerprint density at radius 3 is 2.03 bits per heavy atom. The summed E-state index contributed by atoms with van der Waals surface area (Å²) in [4.78, 5) is 0. The molecule has 0 bridgehead atoms. The Kier molecular flexibility index (Phi) is 9.91. The monoisotopic (exact) mass is 522 g/mol. The summed E-state index contributed by atoms with van der Waals surface area (Å²) in [6, 6.07) is 15.5. The second kappa shape index (κ2) is 13.5. The van der Waals surface area contributed by atoms with Gasteiger partial charge in [0.1, 0.15) is 17.3 Å². The zero-order valence-corrected chi connectivity index (χ0v) is 22.2. The van der Waals surface area contributed by atoms with Gasteiger partial charge in [-0.1, -0.05) is 49.8 Å². The van der Waals surface area contributed by atoms with Crippen LogP contribution >= 0.6 is 0 Å². The molecule has 1 aliphatic carbocycles. The van der Waals surface area contributed by atoms with Gasteiger partial charge in [0, 0.05) is 11.6 Å². The summed E-state index contributed by atoms with van der Waals surface area (Å²) in [7, 11) is 0. The van der Waals surface area contributed by atoms with Gasteiger partial charge >= 0.3 is 0 Å². The number of ether oxygens (including phenoxy) is 2. The summed E-state index contributed by atoms with van der Waals surface area (Å²) in [5.74, 6) is -0.639. The lowest BCUT2D eigenvalue weighted by Gasteiger charge is -2.30. The topological polar surface area (TPSA) is 18.5 Å². The van der Waals surface area contributed by atoms with Crippen LogP contribution in [0, 0.1) is 17.5 Å². The van der Waals surface area contributed by atoms with E-state index in [9.17, 15) is 4.39 Å². The van der Waals surface area contributed by atoms with Gasteiger partial charge in [-0.15, -0.1) is 6.58 Å². The maximum Gasteiger partial charge on any atom is 0.166 e. The van der Waals surface area contributed by atoms with Crippen LogP contribution in [0.5, 0.6) is 11.5 Å². The van der Waals surface area contributed by atoms with Crippen LogP contribution in [0.15, 0.2) is 67.3 Å². The molecule has 1 saturated carbocycles.